The molecule has 9 heteroatoms. The third-order valence-corrected chi connectivity index (χ3v) is 8.52. The normalized spacial score (nSPS) is 14.0. The second-order valence-electron chi connectivity index (χ2n) is 9.28. The lowest BCUT2D eigenvalue weighted by molar-refractivity contribution is 0.516. The Labute approximate surface area is 212 Å². The van der Waals surface area contributed by atoms with Gasteiger partial charge in [0.05, 0.1) is 23.3 Å². The molecule has 2 aromatic heterocycles. The van der Waals surface area contributed by atoms with Crippen LogP contribution in [0, 0.1) is 0 Å². The van der Waals surface area contributed by atoms with Crippen molar-refractivity contribution < 1.29 is 8.42 Å². The molecule has 0 atom stereocenters. The Hall–Kier alpha value is -3.46. The highest BCUT2D eigenvalue weighted by Gasteiger charge is 2.37. The zero-order chi connectivity index (χ0) is 25.1. The maximum atomic E-state index is 13.4. The van der Waals surface area contributed by atoms with Gasteiger partial charge in [0.2, 0.25) is 0 Å². The van der Waals surface area contributed by atoms with Gasteiger partial charge in [0.15, 0.2) is 0 Å². The van der Waals surface area contributed by atoms with E-state index < -0.39 is 10.0 Å². The first-order valence-corrected chi connectivity index (χ1v) is 14.1. The van der Waals surface area contributed by atoms with Crippen LogP contribution in [0.25, 0.3) is 22.5 Å². The lowest BCUT2D eigenvalue weighted by atomic mass is 10.1. The Balaban J connectivity index is 1.48. The average Bonchev–Trinajstić information content (AvgIpc) is 3.50. The first-order valence-electron chi connectivity index (χ1n) is 12.6. The maximum Gasteiger partial charge on any atom is 0.264 e. The number of benzene rings is 2. The van der Waals surface area contributed by atoms with Crippen molar-refractivity contribution in [3.8, 4) is 22.5 Å². The lowest BCUT2D eigenvalue weighted by Gasteiger charge is -2.26. The number of rotatable bonds is 10. The SMILES string of the molecule is CCCCCCCCn1cc(Cn2nc3c(c2-c2ccccc2)N(C)S(=O)(=O)c2ccccc2-3)nn1. The van der Waals surface area contributed by atoms with Crippen molar-refractivity contribution in [2.24, 2.45) is 0 Å². The van der Waals surface area contributed by atoms with Gasteiger partial charge in [-0.25, -0.2) is 8.42 Å². The van der Waals surface area contributed by atoms with E-state index in [1.54, 1.807) is 19.2 Å². The molecular weight excluding hydrogens is 472 g/mol. The number of sulfonamides is 1. The Bertz CT molecular complexity index is 1440. The summed E-state index contributed by atoms with van der Waals surface area (Å²) in [5.41, 5.74) is 4.29. The lowest BCUT2D eigenvalue weighted by Crippen LogP contribution is -2.30. The molecule has 1 aliphatic heterocycles. The Morgan fingerprint density at radius 1 is 0.889 bits per heavy atom. The topological polar surface area (TPSA) is 85.9 Å². The van der Waals surface area contributed by atoms with Gasteiger partial charge in [-0.2, -0.15) is 5.10 Å². The van der Waals surface area contributed by atoms with Crippen LogP contribution in [-0.4, -0.2) is 40.2 Å². The summed E-state index contributed by atoms with van der Waals surface area (Å²) in [6, 6.07) is 16.8. The van der Waals surface area contributed by atoms with Crippen molar-refractivity contribution >= 4 is 15.7 Å². The number of unbranched alkanes of at least 4 members (excludes halogenated alkanes) is 5. The Kier molecular flexibility index (Phi) is 6.91. The third-order valence-electron chi connectivity index (χ3n) is 6.71. The van der Waals surface area contributed by atoms with Crippen molar-refractivity contribution in [2.45, 2.75) is 63.4 Å². The minimum Gasteiger partial charge on any atom is -0.265 e. The monoisotopic (exact) mass is 504 g/mol. The molecule has 2 aromatic carbocycles. The van der Waals surface area contributed by atoms with Crippen LogP contribution in [-0.2, 0) is 23.1 Å². The predicted octanol–water partition coefficient (Wildman–Crippen LogP) is 5.36. The summed E-state index contributed by atoms with van der Waals surface area (Å²) < 4.78 is 31.8. The summed E-state index contributed by atoms with van der Waals surface area (Å²) in [4.78, 5) is 0.272. The highest BCUT2D eigenvalue weighted by molar-refractivity contribution is 7.93. The Morgan fingerprint density at radius 2 is 1.61 bits per heavy atom. The molecule has 0 saturated heterocycles. The zero-order valence-electron chi connectivity index (χ0n) is 20.8. The molecule has 4 aromatic rings. The molecule has 5 rings (SSSR count). The highest BCUT2D eigenvalue weighted by atomic mass is 32.2. The standard InChI is InChI=1S/C27H32N6O2S/c1-3-4-5-6-7-13-18-32-19-22(28-30-32)20-33-26(21-14-9-8-10-15-21)27-25(29-33)23-16-11-12-17-24(23)36(34,35)31(27)2/h8-12,14-17,19H,3-7,13,18,20H2,1-2H3. The summed E-state index contributed by atoms with van der Waals surface area (Å²) >= 11 is 0. The van der Waals surface area contributed by atoms with E-state index in [-0.39, 0.29) is 4.90 Å². The maximum absolute atomic E-state index is 13.4. The fraction of sp³-hybridized carbons (Fsp3) is 0.370. The second kappa shape index (κ2) is 10.3. The van der Waals surface area contributed by atoms with Crippen LogP contribution in [0.4, 0.5) is 5.69 Å². The number of fused-ring (bicyclic) bond motifs is 3. The molecule has 0 fully saturated rings. The molecule has 0 spiro atoms. The molecule has 0 unspecified atom stereocenters. The van der Waals surface area contributed by atoms with Crippen LogP contribution in [0.2, 0.25) is 0 Å². The largest absolute Gasteiger partial charge is 0.265 e. The van der Waals surface area contributed by atoms with Gasteiger partial charge in [0.25, 0.3) is 10.0 Å². The summed E-state index contributed by atoms with van der Waals surface area (Å²) in [5.74, 6) is 0. The van der Waals surface area contributed by atoms with Crippen LogP contribution in [0.3, 0.4) is 0 Å². The van der Waals surface area contributed by atoms with Gasteiger partial charge in [-0.05, 0) is 12.5 Å². The van der Waals surface area contributed by atoms with Crippen molar-refractivity contribution in [3.63, 3.8) is 0 Å². The first kappa shape index (κ1) is 24.2. The quantitative estimate of drug-likeness (QED) is 0.272. The molecule has 0 amide bonds. The van der Waals surface area contributed by atoms with Crippen LogP contribution in [0.1, 0.15) is 51.1 Å². The molecule has 0 aliphatic carbocycles. The van der Waals surface area contributed by atoms with Crippen molar-refractivity contribution in [1.82, 2.24) is 24.8 Å². The van der Waals surface area contributed by atoms with Crippen LogP contribution < -0.4 is 4.31 Å². The summed E-state index contributed by atoms with van der Waals surface area (Å²) in [6.07, 6.45) is 9.34. The van der Waals surface area contributed by atoms with E-state index in [0.717, 1.165) is 29.9 Å². The number of aromatic nitrogens is 5. The van der Waals surface area contributed by atoms with Gasteiger partial charge >= 0.3 is 0 Å². The highest BCUT2D eigenvalue weighted by Crippen LogP contribution is 2.46. The fourth-order valence-corrected chi connectivity index (χ4v) is 6.21. The van der Waals surface area contributed by atoms with Gasteiger partial charge in [-0.15, -0.1) is 5.10 Å². The van der Waals surface area contributed by atoms with Crippen LogP contribution in [0.5, 0.6) is 0 Å². The van der Waals surface area contributed by atoms with E-state index in [2.05, 4.69) is 17.2 Å². The van der Waals surface area contributed by atoms with E-state index in [9.17, 15) is 8.42 Å². The van der Waals surface area contributed by atoms with E-state index in [4.69, 9.17) is 5.10 Å². The van der Waals surface area contributed by atoms with Gasteiger partial charge in [0, 0.05) is 24.7 Å². The molecule has 0 N–H and O–H groups in total. The molecule has 36 heavy (non-hydrogen) atoms. The molecule has 188 valence electrons. The summed E-state index contributed by atoms with van der Waals surface area (Å²) in [7, 11) is -2.09. The minimum absolute atomic E-state index is 0.272. The van der Waals surface area contributed by atoms with Gasteiger partial charge < -0.3 is 0 Å². The van der Waals surface area contributed by atoms with Gasteiger partial charge in [0.1, 0.15) is 17.1 Å². The molecular formula is C27H32N6O2S. The number of anilines is 1. The number of aryl methyl sites for hydroxylation is 1. The van der Waals surface area contributed by atoms with Crippen molar-refractivity contribution in [2.75, 3.05) is 11.4 Å². The first-order chi connectivity index (χ1) is 17.5. The molecule has 1 aliphatic rings. The molecule has 0 radical (unpaired) electrons. The fourth-order valence-electron chi connectivity index (χ4n) is 4.81. The van der Waals surface area contributed by atoms with Crippen molar-refractivity contribution in [1.29, 1.82) is 0 Å². The predicted molar refractivity (Wildman–Crippen MR) is 141 cm³/mol. The molecule has 0 saturated carbocycles. The number of nitrogens with zero attached hydrogens (tertiary/aromatic N) is 6. The molecule has 3 heterocycles. The van der Waals surface area contributed by atoms with Crippen LogP contribution in [0.15, 0.2) is 65.7 Å². The molecule has 0 bridgehead atoms. The van der Waals surface area contributed by atoms with E-state index in [1.807, 2.05) is 58.0 Å². The van der Waals surface area contributed by atoms with Gasteiger partial charge in [-0.3, -0.25) is 13.7 Å². The summed E-state index contributed by atoms with van der Waals surface area (Å²) in [5, 5.41) is 13.6. The minimum atomic E-state index is -3.69. The third kappa shape index (κ3) is 4.55. The molecule has 8 nitrogen and oxygen atoms in total. The van der Waals surface area contributed by atoms with Crippen molar-refractivity contribution in [3.05, 3.63) is 66.5 Å². The van der Waals surface area contributed by atoms with E-state index in [1.165, 1.54) is 36.4 Å². The van der Waals surface area contributed by atoms with E-state index in [0.29, 0.717) is 23.5 Å². The Morgan fingerprint density at radius 3 is 2.42 bits per heavy atom. The zero-order valence-corrected chi connectivity index (χ0v) is 21.7. The van der Waals surface area contributed by atoms with Crippen LogP contribution >= 0.6 is 0 Å². The van der Waals surface area contributed by atoms with Gasteiger partial charge in [-0.1, -0.05) is 92.8 Å². The smallest absolute Gasteiger partial charge is 0.264 e. The second-order valence-corrected chi connectivity index (χ2v) is 11.2. The number of hydrogen-bond donors (Lipinski definition) is 0. The van der Waals surface area contributed by atoms with E-state index >= 15 is 0 Å². The average molecular weight is 505 g/mol. The summed E-state index contributed by atoms with van der Waals surface area (Å²) in [6.45, 7) is 3.46. The number of hydrogen-bond acceptors (Lipinski definition) is 5.